The molecule has 21 heavy (non-hydrogen) atoms. The van der Waals surface area contributed by atoms with Crippen LogP contribution >= 0.6 is 0 Å². The molecule has 0 heterocycles. The van der Waals surface area contributed by atoms with E-state index in [4.69, 9.17) is 0 Å². The summed E-state index contributed by atoms with van der Waals surface area (Å²) in [5.41, 5.74) is 0.168. The highest BCUT2D eigenvalue weighted by molar-refractivity contribution is 5.80. The Labute approximate surface area is 125 Å². The monoisotopic (exact) mass is 292 g/mol. The zero-order chi connectivity index (χ0) is 16.3. The molecule has 0 fully saturated rings. The maximum absolute atomic E-state index is 12.2. The second-order valence-corrected chi connectivity index (χ2v) is 7.23. The highest BCUT2D eigenvalue weighted by Crippen LogP contribution is 2.27. The Morgan fingerprint density at radius 1 is 1.19 bits per heavy atom. The smallest absolute Gasteiger partial charge is 0.273 e. The molecule has 0 aliphatic carbocycles. The van der Waals surface area contributed by atoms with Crippen LogP contribution < -0.4 is 5.32 Å². The molecule has 0 saturated heterocycles. The van der Waals surface area contributed by atoms with Gasteiger partial charge in [-0.1, -0.05) is 39.0 Å². The lowest BCUT2D eigenvalue weighted by Gasteiger charge is -2.33. The third kappa shape index (κ3) is 5.94. The molecule has 0 spiro atoms. The summed E-state index contributed by atoms with van der Waals surface area (Å²) in [6, 6.07) is 6.34. The molecule has 5 heteroatoms. The average molecular weight is 292 g/mol. The van der Waals surface area contributed by atoms with Crippen molar-refractivity contribution in [3.63, 3.8) is 0 Å². The van der Waals surface area contributed by atoms with Crippen molar-refractivity contribution >= 4 is 11.6 Å². The summed E-state index contributed by atoms with van der Waals surface area (Å²) in [5, 5.41) is 13.9. The molecule has 1 amide bonds. The Morgan fingerprint density at radius 3 is 2.29 bits per heavy atom. The van der Waals surface area contributed by atoms with E-state index in [1.54, 1.807) is 18.2 Å². The Morgan fingerprint density at radius 2 is 1.76 bits per heavy atom. The SMILES string of the molecule is CC(C)(C)CC(C)(C)NC(=O)Cc1ccccc1[N+](=O)[O-]. The van der Waals surface area contributed by atoms with Gasteiger partial charge in [0.1, 0.15) is 0 Å². The Hall–Kier alpha value is -1.91. The summed E-state index contributed by atoms with van der Waals surface area (Å²) in [6.07, 6.45) is 0.841. The van der Waals surface area contributed by atoms with Gasteiger partial charge in [0.2, 0.25) is 5.91 Å². The average Bonchev–Trinajstić information content (AvgIpc) is 2.24. The van der Waals surface area contributed by atoms with Crippen molar-refractivity contribution in [2.75, 3.05) is 0 Å². The molecule has 0 aliphatic rings. The summed E-state index contributed by atoms with van der Waals surface area (Å²) in [5.74, 6) is -0.196. The fourth-order valence-electron chi connectivity index (χ4n) is 2.80. The van der Waals surface area contributed by atoms with E-state index < -0.39 is 4.92 Å². The molecular weight excluding hydrogens is 268 g/mol. The van der Waals surface area contributed by atoms with Crippen molar-refractivity contribution in [3.05, 3.63) is 39.9 Å². The number of amides is 1. The zero-order valence-electron chi connectivity index (χ0n) is 13.4. The van der Waals surface area contributed by atoms with Crippen LogP contribution in [-0.2, 0) is 11.2 Å². The minimum Gasteiger partial charge on any atom is -0.351 e. The quantitative estimate of drug-likeness (QED) is 0.667. The molecule has 1 N–H and O–H groups in total. The van der Waals surface area contributed by atoms with Crippen LogP contribution in [0, 0.1) is 15.5 Å². The van der Waals surface area contributed by atoms with Crippen LogP contribution in [0.15, 0.2) is 24.3 Å². The summed E-state index contributed by atoms with van der Waals surface area (Å²) in [4.78, 5) is 22.6. The number of hydrogen-bond donors (Lipinski definition) is 1. The van der Waals surface area contributed by atoms with Gasteiger partial charge in [0, 0.05) is 17.2 Å². The van der Waals surface area contributed by atoms with Gasteiger partial charge in [0.05, 0.1) is 11.3 Å². The van der Waals surface area contributed by atoms with Gasteiger partial charge in [0.25, 0.3) is 5.69 Å². The molecule has 0 unspecified atom stereocenters. The van der Waals surface area contributed by atoms with Gasteiger partial charge in [-0.25, -0.2) is 0 Å². The first-order valence-corrected chi connectivity index (χ1v) is 7.03. The van der Waals surface area contributed by atoms with Gasteiger partial charge in [-0.3, -0.25) is 14.9 Å². The van der Waals surface area contributed by atoms with Crippen molar-refractivity contribution in [3.8, 4) is 0 Å². The highest BCUT2D eigenvalue weighted by Gasteiger charge is 2.27. The molecule has 1 aromatic rings. The van der Waals surface area contributed by atoms with Gasteiger partial charge < -0.3 is 5.32 Å². The number of hydrogen-bond acceptors (Lipinski definition) is 3. The topological polar surface area (TPSA) is 72.2 Å². The second-order valence-electron chi connectivity index (χ2n) is 7.23. The van der Waals surface area contributed by atoms with E-state index in [0.29, 0.717) is 5.56 Å². The zero-order valence-corrected chi connectivity index (χ0v) is 13.4. The fraction of sp³-hybridized carbons (Fsp3) is 0.562. The van der Waals surface area contributed by atoms with Crippen molar-refractivity contribution in [2.45, 2.75) is 53.0 Å². The lowest BCUT2D eigenvalue weighted by Crippen LogP contribution is -2.46. The number of nitrogens with zero attached hydrogens (tertiary/aromatic N) is 1. The van der Waals surface area contributed by atoms with Gasteiger partial charge in [-0.05, 0) is 25.7 Å². The van der Waals surface area contributed by atoms with E-state index in [1.807, 2.05) is 13.8 Å². The number of benzene rings is 1. The largest absolute Gasteiger partial charge is 0.351 e. The third-order valence-electron chi connectivity index (χ3n) is 2.99. The molecule has 116 valence electrons. The summed E-state index contributed by atoms with van der Waals surface area (Å²) in [7, 11) is 0. The van der Waals surface area contributed by atoms with Gasteiger partial charge in [0.15, 0.2) is 0 Å². The molecule has 0 aliphatic heterocycles. The van der Waals surface area contributed by atoms with E-state index >= 15 is 0 Å². The maximum atomic E-state index is 12.2. The molecule has 0 saturated carbocycles. The van der Waals surface area contributed by atoms with E-state index in [-0.39, 0.29) is 29.0 Å². The first-order chi connectivity index (χ1) is 9.50. The molecule has 1 aromatic carbocycles. The fourth-order valence-corrected chi connectivity index (χ4v) is 2.80. The summed E-state index contributed by atoms with van der Waals surface area (Å²) < 4.78 is 0. The molecule has 5 nitrogen and oxygen atoms in total. The lowest BCUT2D eigenvalue weighted by molar-refractivity contribution is -0.385. The van der Waals surface area contributed by atoms with E-state index in [0.717, 1.165) is 6.42 Å². The number of nitro groups is 1. The molecule has 0 atom stereocenters. The number of para-hydroxylation sites is 1. The Kier molecular flexibility index (Phi) is 5.10. The number of nitrogens with one attached hydrogen (secondary N) is 1. The second kappa shape index (κ2) is 6.24. The Bertz CT molecular complexity index is 531. The van der Waals surface area contributed by atoms with Crippen molar-refractivity contribution in [2.24, 2.45) is 5.41 Å². The normalized spacial score (nSPS) is 12.0. The van der Waals surface area contributed by atoms with Crippen molar-refractivity contribution in [1.29, 1.82) is 0 Å². The Balaban J connectivity index is 2.77. The molecule has 0 bridgehead atoms. The van der Waals surface area contributed by atoms with Crippen molar-refractivity contribution < 1.29 is 9.72 Å². The number of rotatable bonds is 5. The third-order valence-corrected chi connectivity index (χ3v) is 2.99. The van der Waals surface area contributed by atoms with Crippen LogP contribution in [0.5, 0.6) is 0 Å². The predicted octanol–water partition coefficient (Wildman–Crippen LogP) is 3.47. The first kappa shape index (κ1) is 17.1. The van der Waals surface area contributed by atoms with Gasteiger partial charge in [-0.15, -0.1) is 0 Å². The molecule has 0 radical (unpaired) electrons. The van der Waals surface area contributed by atoms with Crippen LogP contribution in [0.3, 0.4) is 0 Å². The number of carbonyl (C=O) groups is 1. The predicted molar refractivity (Wildman–Crippen MR) is 83.1 cm³/mol. The minimum atomic E-state index is -0.455. The molecule has 0 aromatic heterocycles. The van der Waals surface area contributed by atoms with Crippen LogP contribution in [-0.4, -0.2) is 16.4 Å². The van der Waals surface area contributed by atoms with E-state index in [1.165, 1.54) is 6.07 Å². The maximum Gasteiger partial charge on any atom is 0.273 e. The van der Waals surface area contributed by atoms with Crippen LogP contribution in [0.1, 0.15) is 46.6 Å². The highest BCUT2D eigenvalue weighted by atomic mass is 16.6. The number of nitro benzene ring substituents is 1. The van der Waals surface area contributed by atoms with Gasteiger partial charge in [-0.2, -0.15) is 0 Å². The van der Waals surface area contributed by atoms with Crippen LogP contribution in [0.2, 0.25) is 0 Å². The first-order valence-electron chi connectivity index (χ1n) is 7.03. The summed E-state index contributed by atoms with van der Waals surface area (Å²) >= 11 is 0. The van der Waals surface area contributed by atoms with Crippen LogP contribution in [0.4, 0.5) is 5.69 Å². The van der Waals surface area contributed by atoms with Crippen LogP contribution in [0.25, 0.3) is 0 Å². The standard InChI is InChI=1S/C16H24N2O3/c1-15(2,3)11-16(4,5)17-14(19)10-12-8-6-7-9-13(12)18(20)21/h6-9H,10-11H2,1-5H3,(H,17,19). The van der Waals surface area contributed by atoms with E-state index in [2.05, 4.69) is 26.1 Å². The van der Waals surface area contributed by atoms with E-state index in [9.17, 15) is 14.9 Å². The van der Waals surface area contributed by atoms with Gasteiger partial charge >= 0.3 is 0 Å². The number of carbonyl (C=O) groups excluding carboxylic acids is 1. The lowest BCUT2D eigenvalue weighted by atomic mass is 9.81. The summed E-state index contributed by atoms with van der Waals surface area (Å²) in [6.45, 7) is 10.3. The molecule has 1 rings (SSSR count). The minimum absolute atomic E-state index is 0.0127. The van der Waals surface area contributed by atoms with Crippen molar-refractivity contribution in [1.82, 2.24) is 5.32 Å². The molecular formula is C16H24N2O3.